The highest BCUT2D eigenvalue weighted by Crippen LogP contribution is 2.50. The van der Waals surface area contributed by atoms with E-state index in [9.17, 15) is 14.2 Å². The van der Waals surface area contributed by atoms with Crippen molar-refractivity contribution in [2.24, 2.45) is 0 Å². The summed E-state index contributed by atoms with van der Waals surface area (Å²) < 4.78 is 14.0. The minimum atomic E-state index is -2.91. The normalized spacial score (nSPS) is 23.2. The number of carbonyl (C=O) groups excluding carboxylic acids is 2. The van der Waals surface area contributed by atoms with Crippen LogP contribution < -0.4 is 0 Å². The van der Waals surface area contributed by atoms with E-state index in [1.165, 1.54) is 20.8 Å². The third kappa shape index (κ3) is 1.14. The summed E-state index contributed by atoms with van der Waals surface area (Å²) in [7, 11) is -0.0125. The highest BCUT2D eigenvalue weighted by molar-refractivity contribution is 7.59. The van der Waals surface area contributed by atoms with Gasteiger partial charge in [-0.3, -0.25) is 23.5 Å². The molecule has 0 N–H and O–H groups in total. The first-order valence-corrected chi connectivity index (χ1v) is 5.55. The molecule has 0 bridgehead atoms. The molecule has 1 fully saturated rings. The fourth-order valence-electron chi connectivity index (χ4n) is 0.973. The first-order valence-electron chi connectivity index (χ1n) is 3.49. The lowest BCUT2D eigenvalue weighted by Crippen LogP contribution is -2.42. The Balaban J connectivity index is 3.06. The predicted octanol–water partition coefficient (Wildman–Crippen LogP) is 0.130. The molecule has 6 heteroatoms. The zero-order chi connectivity index (χ0) is 9.52. The molecule has 2 amide bonds. The lowest BCUT2D eigenvalue weighted by Gasteiger charge is -2.36. The Hall–Kier alpha value is -0.830. The molecule has 0 spiro atoms. The van der Waals surface area contributed by atoms with Crippen LogP contribution in [0.2, 0.25) is 0 Å². The highest BCUT2D eigenvalue weighted by atomic mass is 31.2. The van der Waals surface area contributed by atoms with Crippen molar-refractivity contribution in [1.29, 1.82) is 0 Å². The molecular weight excluding hydrogens is 179 g/mol. The first-order chi connectivity index (χ1) is 5.37. The van der Waals surface area contributed by atoms with Gasteiger partial charge in [-0.15, -0.1) is 0 Å². The van der Waals surface area contributed by atoms with Gasteiger partial charge in [0, 0.05) is 20.8 Å². The average Bonchev–Trinajstić information content (AvgIpc) is 1.99. The van der Waals surface area contributed by atoms with Gasteiger partial charge in [0.25, 0.3) is 7.44 Å². The summed E-state index contributed by atoms with van der Waals surface area (Å²) in [6.45, 7) is 1.40. The number of amides is 2. The van der Waals surface area contributed by atoms with Crippen LogP contribution in [0.4, 0.5) is 0 Å². The standard InChI is InChI=1S/C6H11N2O3P/c1-7-5(9)4-6(10)8(2)12(7,3)11/h4H2,1-3H3. The third-order valence-electron chi connectivity index (χ3n) is 2.14. The van der Waals surface area contributed by atoms with E-state index in [4.69, 9.17) is 0 Å². The molecule has 0 aromatic heterocycles. The molecular formula is C6H11N2O3P. The van der Waals surface area contributed by atoms with Gasteiger partial charge in [0.1, 0.15) is 6.42 Å². The molecule has 1 aliphatic rings. The maximum Gasteiger partial charge on any atom is 0.263 e. The minimum Gasteiger partial charge on any atom is -0.280 e. The zero-order valence-corrected chi connectivity index (χ0v) is 8.17. The summed E-state index contributed by atoms with van der Waals surface area (Å²) in [5, 5.41) is 0. The van der Waals surface area contributed by atoms with Gasteiger partial charge in [-0.1, -0.05) is 0 Å². The van der Waals surface area contributed by atoms with Crippen LogP contribution in [0.3, 0.4) is 0 Å². The molecule has 1 aliphatic heterocycles. The van der Waals surface area contributed by atoms with Crippen molar-refractivity contribution in [3.05, 3.63) is 0 Å². The second-order valence-corrected chi connectivity index (χ2v) is 5.72. The molecule has 0 aromatic carbocycles. The number of hydrogen-bond donors (Lipinski definition) is 0. The molecule has 0 atom stereocenters. The molecule has 5 nitrogen and oxygen atoms in total. The van der Waals surface area contributed by atoms with Crippen molar-refractivity contribution in [3.8, 4) is 0 Å². The summed E-state index contributed by atoms with van der Waals surface area (Å²) in [6, 6.07) is 0. The van der Waals surface area contributed by atoms with E-state index in [1.54, 1.807) is 0 Å². The fourth-order valence-corrected chi connectivity index (χ4v) is 2.35. The summed E-state index contributed by atoms with van der Waals surface area (Å²) >= 11 is 0. The van der Waals surface area contributed by atoms with Crippen LogP contribution in [-0.2, 0) is 14.2 Å². The Kier molecular flexibility index (Phi) is 2.00. The quantitative estimate of drug-likeness (QED) is 0.403. The van der Waals surface area contributed by atoms with Gasteiger partial charge in [0.05, 0.1) is 0 Å². The van der Waals surface area contributed by atoms with Crippen LogP contribution in [0, 0.1) is 0 Å². The summed E-state index contributed by atoms with van der Waals surface area (Å²) in [5.74, 6) is -0.743. The second-order valence-electron chi connectivity index (χ2n) is 2.85. The van der Waals surface area contributed by atoms with E-state index >= 15 is 0 Å². The van der Waals surface area contributed by atoms with Crippen LogP contribution in [-0.4, -0.2) is 41.9 Å². The fraction of sp³-hybridized carbons (Fsp3) is 0.667. The molecule has 0 aliphatic carbocycles. The maximum atomic E-state index is 11.7. The van der Waals surface area contributed by atoms with E-state index in [0.29, 0.717) is 0 Å². The van der Waals surface area contributed by atoms with E-state index < -0.39 is 7.44 Å². The molecule has 0 unspecified atom stereocenters. The van der Waals surface area contributed by atoms with Crippen molar-refractivity contribution < 1.29 is 14.2 Å². The monoisotopic (exact) mass is 190 g/mol. The Morgan fingerprint density at radius 1 is 1.17 bits per heavy atom. The molecule has 68 valence electrons. The average molecular weight is 190 g/mol. The van der Waals surface area contributed by atoms with Gasteiger partial charge in [0.2, 0.25) is 11.8 Å². The largest absolute Gasteiger partial charge is 0.280 e. The van der Waals surface area contributed by atoms with Crippen molar-refractivity contribution in [1.82, 2.24) is 9.34 Å². The smallest absolute Gasteiger partial charge is 0.263 e. The number of carbonyl (C=O) groups is 2. The van der Waals surface area contributed by atoms with Crippen LogP contribution in [0.1, 0.15) is 6.42 Å². The predicted molar refractivity (Wildman–Crippen MR) is 43.7 cm³/mol. The summed E-state index contributed by atoms with van der Waals surface area (Å²) in [6.07, 6.45) is -0.176. The SMILES string of the molecule is CN1C(=O)CC(=O)N(C)P1(C)=O. The van der Waals surface area contributed by atoms with E-state index in [1.807, 2.05) is 0 Å². The third-order valence-corrected chi connectivity index (χ3v) is 4.81. The maximum absolute atomic E-state index is 11.7. The Bertz CT molecular complexity index is 265. The van der Waals surface area contributed by atoms with Crippen molar-refractivity contribution >= 4 is 19.3 Å². The van der Waals surface area contributed by atoms with Crippen LogP contribution >= 0.6 is 7.44 Å². The van der Waals surface area contributed by atoms with Crippen molar-refractivity contribution in [2.45, 2.75) is 6.42 Å². The van der Waals surface area contributed by atoms with Gasteiger partial charge in [-0.05, 0) is 0 Å². The van der Waals surface area contributed by atoms with Crippen LogP contribution in [0.15, 0.2) is 0 Å². The summed E-state index contributed by atoms with van der Waals surface area (Å²) in [4.78, 5) is 22.1. The molecule has 1 heterocycles. The molecule has 1 saturated heterocycles. The van der Waals surface area contributed by atoms with Crippen LogP contribution in [0.25, 0.3) is 0 Å². The summed E-state index contributed by atoms with van der Waals surface area (Å²) in [5.41, 5.74) is 0. The lowest BCUT2D eigenvalue weighted by molar-refractivity contribution is -0.137. The highest BCUT2D eigenvalue weighted by Gasteiger charge is 2.39. The van der Waals surface area contributed by atoms with Gasteiger partial charge in [0.15, 0.2) is 0 Å². The van der Waals surface area contributed by atoms with Gasteiger partial charge in [-0.2, -0.15) is 0 Å². The van der Waals surface area contributed by atoms with E-state index in [0.717, 1.165) is 9.34 Å². The Morgan fingerprint density at radius 3 is 1.83 bits per heavy atom. The Morgan fingerprint density at radius 2 is 1.50 bits per heavy atom. The topological polar surface area (TPSA) is 57.7 Å². The van der Waals surface area contributed by atoms with Gasteiger partial charge in [-0.25, -0.2) is 0 Å². The van der Waals surface area contributed by atoms with Gasteiger partial charge >= 0.3 is 0 Å². The molecule has 0 radical (unpaired) electrons. The lowest BCUT2D eigenvalue weighted by atomic mass is 10.4. The number of hydrogen-bond acceptors (Lipinski definition) is 3. The number of rotatable bonds is 0. The number of nitrogens with zero attached hydrogens (tertiary/aromatic N) is 2. The van der Waals surface area contributed by atoms with E-state index in [-0.39, 0.29) is 18.2 Å². The van der Waals surface area contributed by atoms with Crippen molar-refractivity contribution in [2.75, 3.05) is 20.8 Å². The minimum absolute atomic E-state index is 0.176. The molecule has 0 saturated carbocycles. The zero-order valence-electron chi connectivity index (χ0n) is 7.27. The Labute approximate surface area is 70.8 Å². The molecule has 1 rings (SSSR count). The van der Waals surface area contributed by atoms with Crippen molar-refractivity contribution in [3.63, 3.8) is 0 Å². The molecule has 12 heavy (non-hydrogen) atoms. The van der Waals surface area contributed by atoms with Gasteiger partial charge < -0.3 is 0 Å². The van der Waals surface area contributed by atoms with Crippen LogP contribution in [0.5, 0.6) is 0 Å². The first kappa shape index (κ1) is 9.26. The van der Waals surface area contributed by atoms with E-state index in [2.05, 4.69) is 0 Å². The molecule has 0 aromatic rings. The second kappa shape index (κ2) is 2.59.